The molecule has 7 nitrogen and oxygen atoms in total. The van der Waals surface area contributed by atoms with E-state index in [0.29, 0.717) is 18.8 Å². The van der Waals surface area contributed by atoms with Gasteiger partial charge in [0.05, 0.1) is 17.8 Å². The maximum atomic E-state index is 12.4. The van der Waals surface area contributed by atoms with E-state index in [0.717, 1.165) is 36.8 Å². The Labute approximate surface area is 133 Å². The molecular formula is C16H17N5O2. The summed E-state index contributed by atoms with van der Waals surface area (Å²) in [6.45, 7) is 1.25. The molecule has 0 N–H and O–H groups in total. The monoisotopic (exact) mass is 311 g/mol. The summed E-state index contributed by atoms with van der Waals surface area (Å²) >= 11 is 0. The van der Waals surface area contributed by atoms with Crippen molar-refractivity contribution >= 4 is 22.6 Å². The third kappa shape index (κ3) is 2.26. The molecule has 2 aliphatic heterocycles. The van der Waals surface area contributed by atoms with Crippen molar-refractivity contribution in [1.82, 2.24) is 14.8 Å². The lowest BCUT2D eigenvalue weighted by molar-refractivity contribution is -0.119. The van der Waals surface area contributed by atoms with Crippen molar-refractivity contribution in [1.29, 1.82) is 5.26 Å². The van der Waals surface area contributed by atoms with Crippen LogP contribution in [0.15, 0.2) is 18.5 Å². The number of hydrogen-bond donors (Lipinski definition) is 0. The number of nitriles is 1. The fourth-order valence-corrected chi connectivity index (χ4v) is 3.31. The first-order chi connectivity index (χ1) is 11.3. The molecule has 23 heavy (non-hydrogen) atoms. The molecule has 7 heteroatoms. The summed E-state index contributed by atoms with van der Waals surface area (Å²) in [5, 5.41) is 14.6. The predicted molar refractivity (Wildman–Crippen MR) is 82.4 cm³/mol. The van der Waals surface area contributed by atoms with Crippen LogP contribution >= 0.6 is 0 Å². The summed E-state index contributed by atoms with van der Waals surface area (Å²) in [7, 11) is 0. The first-order valence-corrected chi connectivity index (χ1v) is 7.94. The summed E-state index contributed by atoms with van der Waals surface area (Å²) in [4.78, 5) is 18.2. The second-order valence-electron chi connectivity index (χ2n) is 5.94. The van der Waals surface area contributed by atoms with E-state index in [-0.39, 0.29) is 12.1 Å². The normalized spacial score (nSPS) is 25.0. The topological polar surface area (TPSA) is 84.0 Å². The minimum Gasteiger partial charge on any atom is -0.356 e. The number of pyridine rings is 1. The molecule has 1 amide bonds. The number of hydrogen-bond acceptors (Lipinski definition) is 5. The maximum Gasteiger partial charge on any atom is 0.245 e. The van der Waals surface area contributed by atoms with Crippen molar-refractivity contribution in [3.63, 3.8) is 0 Å². The third-order valence-corrected chi connectivity index (χ3v) is 4.54. The van der Waals surface area contributed by atoms with Crippen LogP contribution in [0.3, 0.4) is 0 Å². The second kappa shape index (κ2) is 5.63. The summed E-state index contributed by atoms with van der Waals surface area (Å²) in [6.07, 6.45) is 6.95. The molecule has 2 unspecified atom stereocenters. The fraction of sp³-hybridized carbons (Fsp3) is 0.500. The molecule has 0 bridgehead atoms. The van der Waals surface area contributed by atoms with Crippen LogP contribution in [0.5, 0.6) is 0 Å². The summed E-state index contributed by atoms with van der Waals surface area (Å²) in [6, 6.07) is 3.93. The van der Waals surface area contributed by atoms with Gasteiger partial charge in [-0.25, -0.2) is 4.68 Å². The highest BCUT2D eigenvalue weighted by atomic mass is 16.5. The Balaban J connectivity index is 1.79. The van der Waals surface area contributed by atoms with Crippen LogP contribution in [0.25, 0.3) is 10.9 Å². The Bertz CT molecular complexity index is 787. The number of anilines is 1. The van der Waals surface area contributed by atoms with Crippen LogP contribution < -0.4 is 4.90 Å². The zero-order valence-electron chi connectivity index (χ0n) is 12.7. The van der Waals surface area contributed by atoms with Crippen molar-refractivity contribution in [2.24, 2.45) is 5.92 Å². The third-order valence-electron chi connectivity index (χ3n) is 4.54. The van der Waals surface area contributed by atoms with Gasteiger partial charge in [0.1, 0.15) is 5.92 Å². The average molecular weight is 311 g/mol. The molecule has 4 heterocycles. The van der Waals surface area contributed by atoms with Crippen LogP contribution in [-0.4, -0.2) is 33.8 Å². The molecule has 4 rings (SSSR count). The number of ether oxygens (including phenoxy) is 1. The van der Waals surface area contributed by atoms with E-state index in [4.69, 9.17) is 10.00 Å². The molecule has 2 aromatic rings. The standard InChI is InChI=1S/C16H17N5O2/c17-9-11-5-7-20(16(11)22)15-12-4-6-18-10-13(12)21(19-15)14-3-1-2-8-23-14/h4,6,10-11,14H,1-3,5,7-8H2. The van der Waals surface area contributed by atoms with Crippen molar-refractivity contribution in [2.75, 3.05) is 18.1 Å². The molecule has 0 radical (unpaired) electrons. The molecule has 0 saturated carbocycles. The number of fused-ring (bicyclic) bond motifs is 1. The van der Waals surface area contributed by atoms with Gasteiger partial charge in [-0.1, -0.05) is 0 Å². The molecule has 0 aromatic carbocycles. The molecule has 0 spiro atoms. The van der Waals surface area contributed by atoms with Crippen molar-refractivity contribution < 1.29 is 9.53 Å². The Morgan fingerprint density at radius 1 is 1.35 bits per heavy atom. The SMILES string of the molecule is N#CC1CCN(c2nn(C3CCCCO3)c3cnccc23)C1=O. The van der Waals surface area contributed by atoms with E-state index in [2.05, 4.69) is 16.2 Å². The highest BCUT2D eigenvalue weighted by Gasteiger charge is 2.35. The summed E-state index contributed by atoms with van der Waals surface area (Å²) < 4.78 is 7.67. The van der Waals surface area contributed by atoms with Crippen LogP contribution in [0.1, 0.15) is 31.9 Å². The number of carbonyl (C=O) groups excluding carboxylic acids is 1. The quantitative estimate of drug-likeness (QED) is 0.847. The Hall–Kier alpha value is -2.46. The molecule has 2 aromatic heterocycles. The first-order valence-electron chi connectivity index (χ1n) is 7.94. The van der Waals surface area contributed by atoms with E-state index in [1.165, 1.54) is 0 Å². The van der Waals surface area contributed by atoms with Crippen LogP contribution in [0, 0.1) is 17.2 Å². The number of aromatic nitrogens is 3. The fourth-order valence-electron chi connectivity index (χ4n) is 3.31. The number of rotatable bonds is 2. The van der Waals surface area contributed by atoms with Crippen molar-refractivity contribution in [3.8, 4) is 6.07 Å². The number of nitrogens with zero attached hydrogens (tertiary/aromatic N) is 5. The minimum absolute atomic E-state index is 0.117. The highest BCUT2D eigenvalue weighted by Crippen LogP contribution is 2.34. The Morgan fingerprint density at radius 2 is 2.26 bits per heavy atom. The largest absolute Gasteiger partial charge is 0.356 e. The van der Waals surface area contributed by atoms with Gasteiger partial charge in [-0.05, 0) is 31.7 Å². The van der Waals surface area contributed by atoms with E-state index >= 15 is 0 Å². The summed E-state index contributed by atoms with van der Waals surface area (Å²) in [5.41, 5.74) is 0.864. The molecule has 2 aliphatic rings. The average Bonchev–Trinajstić information content (AvgIpc) is 3.16. The number of carbonyl (C=O) groups is 1. The minimum atomic E-state index is -0.567. The molecule has 2 fully saturated rings. The van der Waals surface area contributed by atoms with Gasteiger partial charge in [-0.15, -0.1) is 0 Å². The molecule has 118 valence electrons. The smallest absolute Gasteiger partial charge is 0.245 e. The molecule has 2 saturated heterocycles. The lowest BCUT2D eigenvalue weighted by Crippen LogP contribution is -2.27. The van der Waals surface area contributed by atoms with E-state index < -0.39 is 5.92 Å². The van der Waals surface area contributed by atoms with Gasteiger partial charge in [-0.2, -0.15) is 10.4 Å². The molecule has 2 atom stereocenters. The predicted octanol–water partition coefficient (Wildman–Crippen LogP) is 2.01. The van der Waals surface area contributed by atoms with Gasteiger partial charge in [0.25, 0.3) is 0 Å². The maximum absolute atomic E-state index is 12.4. The zero-order valence-corrected chi connectivity index (χ0v) is 12.7. The van der Waals surface area contributed by atoms with Gasteiger partial charge in [0, 0.05) is 24.7 Å². The lowest BCUT2D eigenvalue weighted by Gasteiger charge is -2.23. The zero-order chi connectivity index (χ0) is 15.8. The van der Waals surface area contributed by atoms with Crippen LogP contribution in [0.4, 0.5) is 5.82 Å². The van der Waals surface area contributed by atoms with E-state index in [9.17, 15) is 4.79 Å². The van der Waals surface area contributed by atoms with Crippen LogP contribution in [-0.2, 0) is 9.53 Å². The van der Waals surface area contributed by atoms with E-state index in [1.54, 1.807) is 17.3 Å². The van der Waals surface area contributed by atoms with Gasteiger partial charge >= 0.3 is 0 Å². The van der Waals surface area contributed by atoms with Gasteiger partial charge in [0.2, 0.25) is 5.91 Å². The first kappa shape index (κ1) is 14.2. The summed E-state index contributed by atoms with van der Waals surface area (Å²) in [5.74, 6) is -0.122. The Kier molecular flexibility index (Phi) is 3.46. The van der Waals surface area contributed by atoms with Crippen molar-refractivity contribution in [3.05, 3.63) is 18.5 Å². The molecule has 0 aliphatic carbocycles. The second-order valence-corrected chi connectivity index (χ2v) is 5.94. The van der Waals surface area contributed by atoms with Gasteiger partial charge in [-0.3, -0.25) is 14.7 Å². The van der Waals surface area contributed by atoms with Gasteiger partial charge < -0.3 is 4.74 Å². The Morgan fingerprint density at radius 3 is 3.00 bits per heavy atom. The molecular weight excluding hydrogens is 294 g/mol. The number of amides is 1. The van der Waals surface area contributed by atoms with Gasteiger partial charge in [0.15, 0.2) is 12.0 Å². The van der Waals surface area contributed by atoms with E-state index in [1.807, 2.05) is 10.7 Å². The van der Waals surface area contributed by atoms with Crippen LogP contribution in [0.2, 0.25) is 0 Å². The lowest BCUT2D eigenvalue weighted by atomic mass is 10.1. The van der Waals surface area contributed by atoms with Crippen molar-refractivity contribution in [2.45, 2.75) is 31.9 Å². The highest BCUT2D eigenvalue weighted by molar-refractivity contribution is 6.04.